The van der Waals surface area contributed by atoms with Crippen molar-refractivity contribution in [2.24, 2.45) is 11.8 Å². The highest BCUT2D eigenvalue weighted by Gasteiger charge is 2.19. The van der Waals surface area contributed by atoms with Gasteiger partial charge in [0.2, 0.25) is 5.91 Å². The number of carbonyl (C=O) groups is 2. The van der Waals surface area contributed by atoms with Gasteiger partial charge in [0.15, 0.2) is 0 Å². The number of carbonyl (C=O) groups excluding carboxylic acids is 2. The van der Waals surface area contributed by atoms with E-state index in [-0.39, 0.29) is 11.7 Å². The molecule has 0 bridgehead atoms. The van der Waals surface area contributed by atoms with E-state index < -0.39 is 0 Å². The van der Waals surface area contributed by atoms with Crippen LogP contribution in [0.5, 0.6) is 0 Å². The third-order valence-corrected chi connectivity index (χ3v) is 3.30. The quantitative estimate of drug-likeness (QED) is 0.654. The summed E-state index contributed by atoms with van der Waals surface area (Å²) in [5, 5.41) is 0. The van der Waals surface area contributed by atoms with Gasteiger partial charge in [0.25, 0.3) is 0 Å². The second kappa shape index (κ2) is 16.0. The summed E-state index contributed by atoms with van der Waals surface area (Å²) < 4.78 is 5.13. The Morgan fingerprint density at radius 2 is 1.43 bits per heavy atom. The number of nitrogens with zero attached hydrogens (tertiary/aromatic N) is 1. The van der Waals surface area contributed by atoms with E-state index in [1.165, 1.54) is 6.42 Å². The zero-order chi connectivity index (χ0) is 18.3. The zero-order valence-electron chi connectivity index (χ0n) is 16.5. The zero-order valence-corrected chi connectivity index (χ0v) is 16.5. The standard InChI is InChI=1S/C8H15NO.C6H14O.C5H10O/c1-7(2)6-8(10)9-4-3-5-9;1-3-5-7-6-4-2;1-4(2)5(3)6/h7H,3-6H2,1-2H3;3-6H2,1-2H3;4H,1-3H3. The lowest BCUT2D eigenvalue weighted by molar-refractivity contribution is -0.135. The topological polar surface area (TPSA) is 46.6 Å². The Morgan fingerprint density at radius 3 is 1.65 bits per heavy atom. The first kappa shape index (κ1) is 24.4. The van der Waals surface area contributed by atoms with Crippen LogP contribution in [-0.2, 0) is 14.3 Å². The number of ketones is 1. The largest absolute Gasteiger partial charge is 0.381 e. The van der Waals surface area contributed by atoms with Crippen molar-refractivity contribution in [3.05, 3.63) is 0 Å². The highest BCUT2D eigenvalue weighted by Crippen LogP contribution is 2.10. The summed E-state index contributed by atoms with van der Waals surface area (Å²) in [5.41, 5.74) is 0. The summed E-state index contributed by atoms with van der Waals surface area (Å²) in [6.45, 7) is 17.6. The second-order valence-corrected chi connectivity index (χ2v) is 6.71. The predicted molar refractivity (Wildman–Crippen MR) is 97.6 cm³/mol. The summed E-state index contributed by atoms with van der Waals surface area (Å²) >= 11 is 0. The first-order valence-corrected chi connectivity index (χ1v) is 9.12. The van der Waals surface area contributed by atoms with E-state index in [1.807, 2.05) is 18.7 Å². The molecule has 4 nitrogen and oxygen atoms in total. The molecule has 138 valence electrons. The van der Waals surface area contributed by atoms with Gasteiger partial charge in [-0.2, -0.15) is 0 Å². The van der Waals surface area contributed by atoms with Gasteiger partial charge in [0, 0.05) is 38.6 Å². The molecule has 1 aliphatic rings. The summed E-state index contributed by atoms with van der Waals surface area (Å²) in [5.74, 6) is 1.31. The van der Waals surface area contributed by atoms with Crippen LogP contribution in [0.1, 0.15) is 74.1 Å². The molecule has 0 aromatic carbocycles. The van der Waals surface area contributed by atoms with Gasteiger partial charge in [-0.1, -0.05) is 41.5 Å². The van der Waals surface area contributed by atoms with Crippen LogP contribution in [0.3, 0.4) is 0 Å². The van der Waals surface area contributed by atoms with Crippen LogP contribution < -0.4 is 0 Å². The average Bonchev–Trinajstić information content (AvgIpc) is 2.37. The minimum Gasteiger partial charge on any atom is -0.381 e. The molecule has 0 aliphatic carbocycles. The Hall–Kier alpha value is -0.900. The fourth-order valence-electron chi connectivity index (χ4n) is 1.43. The monoisotopic (exact) mass is 329 g/mol. The summed E-state index contributed by atoms with van der Waals surface area (Å²) in [6.07, 6.45) is 4.20. The Bertz CT molecular complexity index is 293. The first-order chi connectivity index (χ1) is 10.8. The average molecular weight is 330 g/mol. The summed E-state index contributed by atoms with van der Waals surface area (Å²) in [7, 11) is 0. The van der Waals surface area contributed by atoms with E-state index in [2.05, 4.69) is 27.7 Å². The maximum Gasteiger partial charge on any atom is 0.222 e. The van der Waals surface area contributed by atoms with E-state index in [9.17, 15) is 9.59 Å². The van der Waals surface area contributed by atoms with Crippen molar-refractivity contribution >= 4 is 11.7 Å². The third kappa shape index (κ3) is 17.3. The normalized spacial score (nSPS) is 12.8. The number of hydrogen-bond donors (Lipinski definition) is 0. The highest BCUT2D eigenvalue weighted by atomic mass is 16.5. The van der Waals surface area contributed by atoms with Crippen LogP contribution >= 0.6 is 0 Å². The van der Waals surface area contributed by atoms with E-state index in [0.29, 0.717) is 11.8 Å². The number of ether oxygens (including phenoxy) is 1. The second-order valence-electron chi connectivity index (χ2n) is 6.71. The van der Waals surface area contributed by atoms with Crippen molar-refractivity contribution < 1.29 is 14.3 Å². The molecule has 0 spiro atoms. The van der Waals surface area contributed by atoms with Gasteiger partial charge in [-0.05, 0) is 32.1 Å². The molecule has 1 rings (SSSR count). The molecule has 1 amide bonds. The van der Waals surface area contributed by atoms with Crippen LogP contribution in [0.25, 0.3) is 0 Å². The Morgan fingerprint density at radius 1 is 1.00 bits per heavy atom. The molecule has 1 heterocycles. The smallest absolute Gasteiger partial charge is 0.222 e. The molecule has 0 aromatic rings. The highest BCUT2D eigenvalue weighted by molar-refractivity contribution is 5.77. The molecule has 1 fully saturated rings. The van der Waals surface area contributed by atoms with Crippen molar-refractivity contribution in [3.8, 4) is 0 Å². The lowest BCUT2D eigenvalue weighted by Gasteiger charge is -2.31. The fourth-order valence-corrected chi connectivity index (χ4v) is 1.43. The van der Waals surface area contributed by atoms with E-state index >= 15 is 0 Å². The van der Waals surface area contributed by atoms with Crippen LogP contribution in [0.4, 0.5) is 0 Å². The third-order valence-electron chi connectivity index (χ3n) is 3.30. The predicted octanol–water partition coefficient (Wildman–Crippen LogP) is 4.32. The number of rotatable bonds is 7. The molecule has 4 heteroatoms. The molecular formula is C19H39NO3. The maximum atomic E-state index is 11.2. The van der Waals surface area contributed by atoms with Gasteiger partial charge in [0.05, 0.1) is 0 Å². The first-order valence-electron chi connectivity index (χ1n) is 9.12. The number of likely N-dealkylation sites (tertiary alicyclic amines) is 1. The van der Waals surface area contributed by atoms with Crippen LogP contribution in [-0.4, -0.2) is 42.9 Å². The van der Waals surface area contributed by atoms with Crippen LogP contribution in [0.15, 0.2) is 0 Å². The maximum absolute atomic E-state index is 11.2. The van der Waals surface area contributed by atoms with Crippen molar-refractivity contribution in [2.75, 3.05) is 26.3 Å². The molecular weight excluding hydrogens is 290 g/mol. The molecule has 0 saturated carbocycles. The van der Waals surface area contributed by atoms with Gasteiger partial charge in [0.1, 0.15) is 5.78 Å². The van der Waals surface area contributed by atoms with Gasteiger partial charge >= 0.3 is 0 Å². The molecule has 1 saturated heterocycles. The Labute approximate surface area is 144 Å². The number of hydrogen-bond acceptors (Lipinski definition) is 3. The van der Waals surface area contributed by atoms with Gasteiger partial charge in [-0.3, -0.25) is 9.59 Å². The molecule has 0 atom stereocenters. The lowest BCUT2D eigenvalue weighted by Crippen LogP contribution is -2.42. The summed E-state index contributed by atoms with van der Waals surface area (Å²) in [6, 6.07) is 0. The lowest BCUT2D eigenvalue weighted by atomic mass is 10.1. The SMILES string of the molecule is CC(=O)C(C)C.CC(C)CC(=O)N1CCC1.CCCOCCC. The van der Waals surface area contributed by atoms with Gasteiger partial charge in [-0.15, -0.1) is 0 Å². The Kier molecular flexibility index (Phi) is 16.9. The van der Waals surface area contributed by atoms with Crippen LogP contribution in [0.2, 0.25) is 0 Å². The number of Topliss-reactive ketones (excluding diaryl/α,β-unsaturated/α-hetero) is 1. The van der Waals surface area contributed by atoms with Crippen molar-refractivity contribution in [2.45, 2.75) is 74.1 Å². The fraction of sp³-hybridized carbons (Fsp3) is 0.895. The summed E-state index contributed by atoms with van der Waals surface area (Å²) in [4.78, 5) is 23.2. The van der Waals surface area contributed by atoms with Crippen LogP contribution in [0, 0.1) is 11.8 Å². The van der Waals surface area contributed by atoms with E-state index in [0.717, 1.165) is 45.6 Å². The molecule has 0 radical (unpaired) electrons. The van der Waals surface area contributed by atoms with Crippen molar-refractivity contribution in [3.63, 3.8) is 0 Å². The minimum atomic E-state index is 0.213. The van der Waals surface area contributed by atoms with Crippen molar-refractivity contribution in [1.29, 1.82) is 0 Å². The molecule has 0 N–H and O–H groups in total. The van der Waals surface area contributed by atoms with Gasteiger partial charge in [-0.25, -0.2) is 0 Å². The van der Waals surface area contributed by atoms with E-state index in [1.54, 1.807) is 6.92 Å². The molecule has 0 unspecified atom stereocenters. The minimum absolute atomic E-state index is 0.213. The molecule has 1 aliphatic heterocycles. The Balaban J connectivity index is 0. The number of amides is 1. The molecule has 0 aromatic heterocycles. The van der Waals surface area contributed by atoms with Crippen molar-refractivity contribution in [1.82, 2.24) is 4.90 Å². The molecule has 23 heavy (non-hydrogen) atoms. The van der Waals surface area contributed by atoms with E-state index in [4.69, 9.17) is 4.74 Å². The van der Waals surface area contributed by atoms with Gasteiger partial charge < -0.3 is 9.64 Å².